The van der Waals surface area contributed by atoms with E-state index in [0.29, 0.717) is 42.8 Å². The number of carbonyl (C=O) groups excluding carboxylic acids is 1. The van der Waals surface area contributed by atoms with Crippen LogP contribution in [0.25, 0.3) is 0 Å². The number of nitrogen functional groups attached to an aromatic ring is 2. The maximum absolute atomic E-state index is 12.7. The number of aromatic carboxylic acids is 1. The summed E-state index contributed by atoms with van der Waals surface area (Å²) in [5.41, 5.74) is 14.5. The number of aromatic hydroxyl groups is 2. The van der Waals surface area contributed by atoms with Gasteiger partial charge in [-0.15, -0.1) is 24.8 Å². The number of ether oxygens (including phenoxy) is 3. The molecule has 2 fully saturated rings. The van der Waals surface area contributed by atoms with Gasteiger partial charge in [0.2, 0.25) is 0 Å². The van der Waals surface area contributed by atoms with Gasteiger partial charge in [-0.2, -0.15) is 0 Å². The lowest BCUT2D eigenvalue weighted by atomic mass is 9.89. The number of hydrogen-bond acceptors (Lipinski definition) is 14. The maximum Gasteiger partial charge on any atom is 0.354 e. The van der Waals surface area contributed by atoms with Crippen molar-refractivity contribution in [3.8, 4) is 28.7 Å². The van der Waals surface area contributed by atoms with E-state index in [-0.39, 0.29) is 59.6 Å². The van der Waals surface area contributed by atoms with Gasteiger partial charge in [-0.25, -0.2) is 24.7 Å². The van der Waals surface area contributed by atoms with Gasteiger partial charge in [0.25, 0.3) is 5.91 Å². The number of aromatic nitrogens is 4. The number of amides is 1. The molecule has 2 saturated heterocycles. The van der Waals surface area contributed by atoms with Gasteiger partial charge in [0.05, 0.1) is 33.7 Å². The van der Waals surface area contributed by atoms with Crippen molar-refractivity contribution in [1.82, 2.24) is 30.2 Å². The number of methoxy groups -OCH3 is 3. The standard InChI is InChI=1S/C19H24N4O3.C11H17N3O.C7H7NO4.2ClH/c1-3-12-8-15(21-11-16(12)24)19(25)23-6-4-13(5-7-23)14-10-22-18(20)9-17(14)26-2;1-15-10-6-11(12)14-7-9(10)8-2-4-13-5-3-8;1-12-6-2-4(7(10)11)8-3-5(6)9;;/h8-11,13,24H,3-7H2,1-2H3,(H2,20,22);6-8,13H,2-5H2,1H3,(H2,12,14);2-3,9H,1H3,(H,10,11);2*1H. The fourth-order valence-corrected chi connectivity index (χ4v) is 6.18. The van der Waals surface area contributed by atoms with E-state index < -0.39 is 5.97 Å². The van der Waals surface area contributed by atoms with E-state index in [0.717, 1.165) is 73.7 Å². The van der Waals surface area contributed by atoms with E-state index >= 15 is 0 Å². The Balaban J connectivity index is 0.000000307. The van der Waals surface area contributed by atoms with Crippen molar-refractivity contribution < 1.29 is 39.1 Å². The Morgan fingerprint density at radius 2 is 1.22 bits per heavy atom. The van der Waals surface area contributed by atoms with Gasteiger partial charge in [0.15, 0.2) is 17.2 Å². The number of aryl methyl sites for hydroxylation is 1. The molecule has 300 valence electrons. The number of nitrogens with one attached hydrogen (secondary N) is 1. The molecule has 16 nitrogen and oxygen atoms in total. The van der Waals surface area contributed by atoms with Gasteiger partial charge in [-0.3, -0.25) is 4.79 Å². The summed E-state index contributed by atoms with van der Waals surface area (Å²) < 4.78 is 15.4. The molecule has 0 radical (unpaired) electrons. The second-order valence-electron chi connectivity index (χ2n) is 12.4. The number of hydrogen-bond donors (Lipinski definition) is 6. The van der Waals surface area contributed by atoms with Gasteiger partial charge in [-0.1, -0.05) is 6.92 Å². The minimum Gasteiger partial charge on any atom is -0.506 e. The molecular weight excluding hydrogens is 755 g/mol. The number of carbonyl (C=O) groups is 2. The van der Waals surface area contributed by atoms with Gasteiger partial charge >= 0.3 is 5.97 Å². The predicted octanol–water partition coefficient (Wildman–Crippen LogP) is 4.83. The highest BCUT2D eigenvalue weighted by atomic mass is 35.5. The number of nitrogens with zero attached hydrogens (tertiary/aromatic N) is 5. The Morgan fingerprint density at radius 1 is 0.727 bits per heavy atom. The summed E-state index contributed by atoms with van der Waals surface area (Å²) in [6, 6.07) is 6.37. The second-order valence-corrected chi connectivity index (χ2v) is 12.4. The molecule has 0 aromatic carbocycles. The average molecular weight is 806 g/mol. The van der Waals surface area contributed by atoms with Crippen molar-refractivity contribution in [1.29, 1.82) is 0 Å². The third-order valence-electron chi connectivity index (χ3n) is 9.12. The van der Waals surface area contributed by atoms with Crippen molar-refractivity contribution in [3.63, 3.8) is 0 Å². The minimum absolute atomic E-state index is 0. The highest BCUT2D eigenvalue weighted by molar-refractivity contribution is 5.92. The fourth-order valence-electron chi connectivity index (χ4n) is 6.18. The van der Waals surface area contributed by atoms with Crippen LogP contribution in [0.4, 0.5) is 11.6 Å². The van der Waals surface area contributed by atoms with Crippen LogP contribution in [0.1, 0.15) is 82.1 Å². The number of anilines is 2. The lowest BCUT2D eigenvalue weighted by Gasteiger charge is -2.32. The number of rotatable bonds is 8. The SMILES string of the molecule is CCc1cc(C(=O)N2CCC(c3cnc(N)cc3OC)CC2)ncc1O.COc1cc(C(=O)O)ncc1O.COc1cc(N)ncc1C1CCNCC1.Cl.Cl. The normalized spacial score (nSPS) is 14.0. The zero-order valence-corrected chi connectivity index (χ0v) is 32.9. The largest absolute Gasteiger partial charge is 0.506 e. The van der Waals surface area contributed by atoms with Crippen LogP contribution in [-0.2, 0) is 6.42 Å². The van der Waals surface area contributed by atoms with Crippen LogP contribution in [0.3, 0.4) is 0 Å². The molecule has 0 spiro atoms. The number of nitrogens with two attached hydrogens (primary N) is 2. The molecule has 2 aliphatic rings. The Kier molecular flexibility index (Phi) is 18.5. The Hall–Kier alpha value is -5.32. The van der Waals surface area contributed by atoms with Crippen LogP contribution in [0.2, 0.25) is 0 Å². The summed E-state index contributed by atoms with van der Waals surface area (Å²) >= 11 is 0. The lowest BCUT2D eigenvalue weighted by Crippen LogP contribution is -2.38. The number of pyridine rings is 4. The first-order valence-electron chi connectivity index (χ1n) is 17.2. The zero-order valence-electron chi connectivity index (χ0n) is 31.2. The molecule has 6 heterocycles. The first-order chi connectivity index (χ1) is 25.5. The van der Waals surface area contributed by atoms with Crippen LogP contribution in [-0.4, -0.2) is 99.5 Å². The predicted molar refractivity (Wildman–Crippen MR) is 212 cm³/mol. The third-order valence-corrected chi connectivity index (χ3v) is 9.12. The van der Waals surface area contributed by atoms with Crippen molar-refractivity contribution in [2.45, 2.75) is 50.9 Å². The van der Waals surface area contributed by atoms with Gasteiger partial charge in [-0.05, 0) is 68.7 Å². The maximum atomic E-state index is 12.7. The van der Waals surface area contributed by atoms with Crippen molar-refractivity contribution >= 4 is 48.3 Å². The van der Waals surface area contributed by atoms with E-state index in [2.05, 4.69) is 30.0 Å². The third kappa shape index (κ3) is 12.3. The van der Waals surface area contributed by atoms with Gasteiger partial charge in [0, 0.05) is 54.8 Å². The molecular formula is C37H50Cl2N8O8. The Bertz CT molecular complexity index is 1860. The van der Waals surface area contributed by atoms with Crippen molar-refractivity contribution in [2.75, 3.05) is 59.0 Å². The van der Waals surface area contributed by atoms with Gasteiger partial charge in [0.1, 0.15) is 34.6 Å². The average Bonchev–Trinajstić information content (AvgIpc) is 3.18. The molecule has 0 atom stereocenters. The van der Waals surface area contributed by atoms with E-state index in [1.54, 1.807) is 38.6 Å². The highest BCUT2D eigenvalue weighted by Gasteiger charge is 2.27. The molecule has 0 bridgehead atoms. The van der Waals surface area contributed by atoms with Crippen LogP contribution >= 0.6 is 24.8 Å². The van der Waals surface area contributed by atoms with E-state index in [9.17, 15) is 14.7 Å². The molecule has 1 amide bonds. The summed E-state index contributed by atoms with van der Waals surface area (Å²) in [6.07, 6.45) is 10.6. The number of halogens is 2. The molecule has 2 aliphatic heterocycles. The second kappa shape index (κ2) is 22.2. The van der Waals surface area contributed by atoms with Crippen LogP contribution in [0, 0.1) is 0 Å². The van der Waals surface area contributed by atoms with Crippen LogP contribution in [0.5, 0.6) is 28.7 Å². The zero-order chi connectivity index (χ0) is 38.5. The number of likely N-dealkylation sites (tertiary alicyclic amines) is 1. The first-order valence-corrected chi connectivity index (χ1v) is 17.2. The molecule has 4 aromatic rings. The first kappa shape index (κ1) is 45.8. The van der Waals surface area contributed by atoms with Crippen LogP contribution < -0.4 is 31.0 Å². The number of piperidine rings is 2. The Morgan fingerprint density at radius 3 is 1.71 bits per heavy atom. The summed E-state index contributed by atoms with van der Waals surface area (Å²) in [5.74, 6) is 2.19. The Labute approximate surface area is 332 Å². The highest BCUT2D eigenvalue weighted by Crippen LogP contribution is 2.35. The summed E-state index contributed by atoms with van der Waals surface area (Å²) in [4.78, 5) is 40.8. The summed E-state index contributed by atoms with van der Waals surface area (Å²) in [6.45, 7) is 5.35. The summed E-state index contributed by atoms with van der Waals surface area (Å²) in [5, 5.41) is 30.6. The smallest absolute Gasteiger partial charge is 0.354 e. The quantitative estimate of drug-likeness (QED) is 0.140. The molecule has 8 N–H and O–H groups in total. The van der Waals surface area contributed by atoms with Crippen molar-refractivity contribution in [2.24, 2.45) is 0 Å². The number of carboxylic acids is 1. The molecule has 0 aliphatic carbocycles. The lowest BCUT2D eigenvalue weighted by molar-refractivity contribution is 0.0686. The molecule has 4 aromatic heterocycles. The molecule has 0 unspecified atom stereocenters. The molecule has 18 heteroatoms. The molecule has 6 rings (SSSR count). The molecule has 0 saturated carbocycles. The molecule has 55 heavy (non-hydrogen) atoms. The number of carboxylic acid groups (broad SMARTS) is 1. The van der Waals surface area contributed by atoms with E-state index in [1.165, 1.54) is 18.9 Å². The van der Waals surface area contributed by atoms with E-state index in [1.807, 2.05) is 18.0 Å². The fraction of sp³-hybridized carbons (Fsp3) is 0.405. The summed E-state index contributed by atoms with van der Waals surface area (Å²) in [7, 11) is 4.64. The van der Waals surface area contributed by atoms with Crippen molar-refractivity contribution in [3.05, 3.63) is 77.1 Å². The minimum atomic E-state index is -1.16. The van der Waals surface area contributed by atoms with Crippen LogP contribution in [0.15, 0.2) is 49.1 Å². The monoisotopic (exact) mass is 804 g/mol. The van der Waals surface area contributed by atoms with E-state index in [4.69, 9.17) is 31.2 Å². The van der Waals surface area contributed by atoms with Gasteiger partial charge < -0.3 is 51.2 Å². The topological polar surface area (TPSA) is 241 Å².